The van der Waals surface area contributed by atoms with Gasteiger partial charge in [-0.15, -0.1) is 0 Å². The predicted octanol–water partition coefficient (Wildman–Crippen LogP) is 2.38. The number of nitrogens with zero attached hydrogens (tertiary/aromatic N) is 5. The molecule has 0 bridgehead atoms. The normalized spacial score (nSPS) is 28.3. The fourth-order valence-electron chi connectivity index (χ4n) is 4.12. The number of ether oxygens (including phenoxy) is 1. The maximum atomic E-state index is 13.4. The lowest BCUT2D eigenvalue weighted by molar-refractivity contribution is 0.143. The Bertz CT molecular complexity index is 1160. The van der Waals surface area contributed by atoms with Crippen LogP contribution in [0.5, 0.6) is 5.88 Å². The van der Waals surface area contributed by atoms with E-state index in [9.17, 15) is 13.5 Å². The third-order valence-corrected chi connectivity index (χ3v) is 9.77. The molecule has 1 atom stereocenters. The Morgan fingerprint density at radius 2 is 2.00 bits per heavy atom. The Balaban J connectivity index is 1.41. The Labute approximate surface area is 193 Å². The first kappa shape index (κ1) is 21.9. The van der Waals surface area contributed by atoms with Gasteiger partial charge in [0.15, 0.2) is 11.8 Å². The van der Waals surface area contributed by atoms with Crippen LogP contribution in [0, 0.1) is 0 Å². The molecule has 0 amide bonds. The standard InChI is InChI=1S/C19H23ClN6O4S2/c20-13-8-21-15(22-9-13)12-2-6-32(29,7-3-12)26-18-23-16(25-19(10-27)4-1-5-19)14-17(24-18)30-11-31(14)28/h8-9,12,27H,1-7,10-11H2,(H,23,24,25)/t12?,31-,32?/m1/s1. The highest BCUT2D eigenvalue weighted by Gasteiger charge is 2.39. The molecular formula is C19H23ClN6O4S2. The van der Waals surface area contributed by atoms with E-state index in [-0.39, 0.29) is 30.3 Å². The van der Waals surface area contributed by atoms with Gasteiger partial charge in [0.2, 0.25) is 5.88 Å². The van der Waals surface area contributed by atoms with Gasteiger partial charge >= 0.3 is 0 Å². The number of fused-ring (bicyclic) bond motifs is 1. The van der Waals surface area contributed by atoms with Gasteiger partial charge in [-0.3, -0.25) is 4.21 Å². The van der Waals surface area contributed by atoms with Crippen molar-refractivity contribution in [1.82, 2.24) is 19.9 Å². The number of aliphatic hydroxyl groups excluding tert-OH is 1. The lowest BCUT2D eigenvalue weighted by Crippen LogP contribution is -2.48. The Kier molecular flexibility index (Phi) is 5.81. The van der Waals surface area contributed by atoms with Crippen molar-refractivity contribution in [3.05, 3.63) is 23.2 Å². The third kappa shape index (κ3) is 4.20. The number of aliphatic hydroxyl groups is 1. The molecular weight excluding hydrogens is 476 g/mol. The number of nitrogens with one attached hydrogen (secondary N) is 1. The summed E-state index contributed by atoms with van der Waals surface area (Å²) in [6.07, 6.45) is 6.96. The first-order chi connectivity index (χ1) is 15.4. The monoisotopic (exact) mass is 498 g/mol. The molecule has 1 aliphatic carbocycles. The minimum atomic E-state index is -2.57. The van der Waals surface area contributed by atoms with Crippen molar-refractivity contribution in [3.63, 3.8) is 0 Å². The van der Waals surface area contributed by atoms with E-state index in [1.807, 2.05) is 0 Å². The number of aromatic nitrogens is 4. The van der Waals surface area contributed by atoms with Crippen molar-refractivity contribution in [2.75, 3.05) is 29.4 Å². The number of hydrogen-bond acceptors (Lipinski definition) is 10. The summed E-state index contributed by atoms with van der Waals surface area (Å²) in [6.45, 7) is -0.0589. The summed E-state index contributed by atoms with van der Waals surface area (Å²) in [5.74, 6) is 2.12. The van der Waals surface area contributed by atoms with E-state index < -0.39 is 26.1 Å². The first-order valence-electron chi connectivity index (χ1n) is 10.4. The molecule has 1 saturated heterocycles. The van der Waals surface area contributed by atoms with Crippen LogP contribution in [0.3, 0.4) is 0 Å². The van der Waals surface area contributed by atoms with Crippen LogP contribution in [0.2, 0.25) is 5.02 Å². The maximum Gasteiger partial charge on any atom is 0.263 e. The van der Waals surface area contributed by atoms with Crippen LogP contribution in [-0.2, 0) is 20.5 Å². The minimum absolute atomic E-state index is 0.00752. The van der Waals surface area contributed by atoms with Gasteiger partial charge in [-0.1, -0.05) is 11.6 Å². The van der Waals surface area contributed by atoms with Gasteiger partial charge in [0, 0.05) is 29.8 Å². The lowest BCUT2D eigenvalue weighted by atomic mass is 9.77. The van der Waals surface area contributed by atoms with Crippen LogP contribution in [0.25, 0.3) is 0 Å². The zero-order valence-electron chi connectivity index (χ0n) is 17.2. The van der Waals surface area contributed by atoms with E-state index in [0.717, 1.165) is 19.3 Å². The van der Waals surface area contributed by atoms with Crippen LogP contribution in [-0.4, -0.2) is 63.1 Å². The van der Waals surface area contributed by atoms with Crippen LogP contribution in [0.1, 0.15) is 43.8 Å². The molecule has 2 N–H and O–H groups in total. The van der Waals surface area contributed by atoms with Crippen molar-refractivity contribution in [2.45, 2.75) is 48.5 Å². The quantitative estimate of drug-likeness (QED) is 0.635. The number of hydrogen-bond donors (Lipinski definition) is 2. The lowest BCUT2D eigenvalue weighted by Gasteiger charge is -2.41. The van der Waals surface area contributed by atoms with Gasteiger partial charge in [-0.25, -0.2) is 14.2 Å². The van der Waals surface area contributed by atoms with Crippen molar-refractivity contribution < 1.29 is 18.3 Å². The molecule has 32 heavy (non-hydrogen) atoms. The van der Waals surface area contributed by atoms with Gasteiger partial charge in [0.25, 0.3) is 5.95 Å². The molecule has 10 nitrogen and oxygen atoms in total. The number of halogens is 1. The topological polar surface area (TPSA) is 140 Å². The highest BCUT2D eigenvalue weighted by atomic mass is 35.5. The fourth-order valence-corrected chi connectivity index (χ4v) is 7.24. The first-order valence-corrected chi connectivity index (χ1v) is 14.0. The zero-order chi connectivity index (χ0) is 22.3. The van der Waals surface area contributed by atoms with Crippen molar-refractivity contribution >= 4 is 43.9 Å². The molecule has 0 unspecified atom stereocenters. The predicted molar refractivity (Wildman–Crippen MR) is 120 cm³/mol. The van der Waals surface area contributed by atoms with E-state index >= 15 is 0 Å². The molecule has 1 saturated carbocycles. The second-order valence-corrected chi connectivity index (χ2v) is 12.7. The fraction of sp³-hybridized carbons (Fsp3) is 0.579. The smallest absolute Gasteiger partial charge is 0.263 e. The average Bonchev–Trinajstić information content (AvgIpc) is 3.12. The average molecular weight is 499 g/mol. The van der Waals surface area contributed by atoms with E-state index in [1.54, 1.807) is 12.4 Å². The summed E-state index contributed by atoms with van der Waals surface area (Å²) < 4.78 is 35.7. The molecule has 13 heteroatoms. The van der Waals surface area contributed by atoms with Gasteiger partial charge < -0.3 is 15.2 Å². The molecule has 0 spiro atoms. The highest BCUT2D eigenvalue weighted by molar-refractivity contribution is 7.93. The van der Waals surface area contributed by atoms with E-state index in [2.05, 4.69) is 29.6 Å². The largest absolute Gasteiger partial charge is 0.463 e. The molecule has 4 heterocycles. The molecule has 3 aliphatic rings. The molecule has 5 rings (SSSR count). The van der Waals surface area contributed by atoms with Crippen LogP contribution in [0.4, 0.5) is 11.8 Å². The minimum Gasteiger partial charge on any atom is -0.463 e. The Morgan fingerprint density at radius 1 is 1.28 bits per heavy atom. The van der Waals surface area contributed by atoms with Crippen molar-refractivity contribution in [2.24, 2.45) is 4.36 Å². The number of rotatable bonds is 5. The molecule has 0 aromatic carbocycles. The Hall–Kier alpha value is -1.89. The van der Waals surface area contributed by atoms with Gasteiger partial charge in [-0.2, -0.15) is 14.3 Å². The zero-order valence-corrected chi connectivity index (χ0v) is 19.6. The molecule has 2 aromatic rings. The molecule has 0 radical (unpaired) electrons. The summed E-state index contributed by atoms with van der Waals surface area (Å²) in [7, 11) is -3.98. The van der Waals surface area contributed by atoms with Crippen molar-refractivity contribution in [3.8, 4) is 5.88 Å². The van der Waals surface area contributed by atoms with Gasteiger partial charge in [-0.05, 0) is 32.1 Å². The third-order valence-electron chi connectivity index (χ3n) is 6.17. The number of anilines is 1. The van der Waals surface area contributed by atoms with E-state index in [1.165, 1.54) is 0 Å². The maximum absolute atomic E-state index is 13.4. The van der Waals surface area contributed by atoms with E-state index in [4.69, 9.17) is 16.3 Å². The summed E-state index contributed by atoms with van der Waals surface area (Å²) in [6, 6.07) is 0. The van der Waals surface area contributed by atoms with Crippen molar-refractivity contribution in [1.29, 1.82) is 0 Å². The van der Waals surface area contributed by atoms with E-state index in [0.29, 0.717) is 45.9 Å². The Morgan fingerprint density at radius 3 is 2.62 bits per heavy atom. The molecule has 2 fully saturated rings. The molecule has 172 valence electrons. The summed E-state index contributed by atoms with van der Waals surface area (Å²) in [5, 5.41) is 13.5. The SMILES string of the molecule is O=[S@@]1COc2nc(N=S3(=O)CCC(c4ncc(Cl)cn4)CC3)nc(NC3(CO)CCC3)c21. The highest BCUT2D eigenvalue weighted by Crippen LogP contribution is 2.40. The molecule has 2 aromatic heterocycles. The second-order valence-electron chi connectivity index (χ2n) is 8.34. The molecule has 2 aliphatic heterocycles. The summed E-state index contributed by atoms with van der Waals surface area (Å²) in [5.41, 5.74) is -0.495. The summed E-state index contributed by atoms with van der Waals surface area (Å²) >= 11 is 5.86. The van der Waals surface area contributed by atoms with Crippen LogP contribution < -0.4 is 10.1 Å². The van der Waals surface area contributed by atoms with Gasteiger partial charge in [0.05, 0.1) is 26.9 Å². The van der Waals surface area contributed by atoms with Crippen LogP contribution in [0.15, 0.2) is 21.7 Å². The van der Waals surface area contributed by atoms with Gasteiger partial charge in [0.1, 0.15) is 21.5 Å². The van der Waals surface area contributed by atoms with Crippen LogP contribution >= 0.6 is 11.6 Å². The second kappa shape index (κ2) is 8.47. The summed E-state index contributed by atoms with van der Waals surface area (Å²) in [4.78, 5) is 17.7.